The SMILES string of the molecule is COCCOCCNC(=O)c1cc(S(N)(=O)=O)c(C)s1. The number of amides is 1. The first-order valence-electron chi connectivity index (χ1n) is 5.84. The number of sulfonamides is 1. The zero-order valence-electron chi connectivity index (χ0n) is 11.3. The third-order valence-corrected chi connectivity index (χ3v) is 4.58. The van der Waals surface area contributed by atoms with Crippen molar-refractivity contribution in [1.29, 1.82) is 0 Å². The van der Waals surface area contributed by atoms with Crippen molar-refractivity contribution < 1.29 is 22.7 Å². The van der Waals surface area contributed by atoms with Crippen LogP contribution < -0.4 is 10.5 Å². The van der Waals surface area contributed by atoms with Gasteiger partial charge in [-0.25, -0.2) is 13.6 Å². The van der Waals surface area contributed by atoms with Crippen molar-refractivity contribution in [3.05, 3.63) is 15.8 Å². The molecule has 0 radical (unpaired) electrons. The third-order valence-electron chi connectivity index (χ3n) is 2.37. The molecule has 0 aliphatic heterocycles. The van der Waals surface area contributed by atoms with Crippen molar-refractivity contribution >= 4 is 27.3 Å². The molecule has 0 saturated heterocycles. The van der Waals surface area contributed by atoms with Crippen LogP contribution in [-0.2, 0) is 19.5 Å². The molecule has 0 aliphatic rings. The molecule has 1 rings (SSSR count). The summed E-state index contributed by atoms with van der Waals surface area (Å²) in [6.45, 7) is 3.26. The van der Waals surface area contributed by atoms with Crippen LogP contribution in [0, 0.1) is 6.92 Å². The van der Waals surface area contributed by atoms with Crippen molar-refractivity contribution in [3.63, 3.8) is 0 Å². The summed E-state index contributed by atoms with van der Waals surface area (Å²) in [5.74, 6) is -0.344. The zero-order chi connectivity index (χ0) is 15.2. The quantitative estimate of drug-likeness (QED) is 0.660. The maximum atomic E-state index is 11.8. The van der Waals surface area contributed by atoms with E-state index < -0.39 is 10.0 Å². The first kappa shape index (κ1) is 17.1. The summed E-state index contributed by atoms with van der Waals surface area (Å²) in [5, 5.41) is 7.69. The van der Waals surface area contributed by atoms with E-state index in [-0.39, 0.29) is 10.8 Å². The number of primary sulfonamides is 1. The van der Waals surface area contributed by atoms with Gasteiger partial charge in [-0.15, -0.1) is 11.3 Å². The van der Waals surface area contributed by atoms with Gasteiger partial charge in [0.05, 0.1) is 29.6 Å². The molecule has 0 fully saturated rings. The molecule has 1 amide bonds. The minimum absolute atomic E-state index is 0.0102. The molecule has 0 atom stereocenters. The molecule has 114 valence electrons. The molecule has 1 aromatic heterocycles. The second-order valence-electron chi connectivity index (χ2n) is 3.94. The van der Waals surface area contributed by atoms with Gasteiger partial charge >= 0.3 is 0 Å². The molecule has 0 aromatic carbocycles. The number of aryl methyl sites for hydroxylation is 1. The van der Waals surface area contributed by atoms with Crippen LogP contribution in [0.15, 0.2) is 11.0 Å². The van der Waals surface area contributed by atoms with E-state index in [0.29, 0.717) is 36.1 Å². The van der Waals surface area contributed by atoms with E-state index in [4.69, 9.17) is 14.6 Å². The highest BCUT2D eigenvalue weighted by molar-refractivity contribution is 7.89. The number of carbonyl (C=O) groups excluding carboxylic acids is 1. The van der Waals surface area contributed by atoms with E-state index >= 15 is 0 Å². The molecule has 1 heterocycles. The first-order chi connectivity index (χ1) is 9.36. The number of hydrogen-bond acceptors (Lipinski definition) is 6. The van der Waals surface area contributed by atoms with E-state index in [0.717, 1.165) is 11.3 Å². The minimum atomic E-state index is -3.79. The standard InChI is InChI=1S/C11H18N2O5S2/c1-8-10(20(12,15)16)7-9(19-8)11(14)13-3-4-18-6-5-17-2/h7H,3-6H2,1-2H3,(H,13,14)(H2,12,15,16). The predicted octanol–water partition coefficient (Wildman–Crippen LogP) is 0.0967. The Kier molecular flexibility index (Phi) is 6.56. The van der Waals surface area contributed by atoms with Crippen LogP contribution >= 0.6 is 11.3 Å². The van der Waals surface area contributed by atoms with Gasteiger partial charge in [0.1, 0.15) is 0 Å². The second-order valence-corrected chi connectivity index (χ2v) is 6.72. The third kappa shape index (κ3) is 5.17. The lowest BCUT2D eigenvalue weighted by Gasteiger charge is -2.04. The summed E-state index contributed by atoms with van der Waals surface area (Å²) in [4.78, 5) is 12.6. The fraction of sp³-hybridized carbons (Fsp3) is 0.545. The van der Waals surface area contributed by atoms with E-state index in [1.165, 1.54) is 6.07 Å². The molecule has 0 unspecified atom stereocenters. The molecule has 0 bridgehead atoms. The van der Waals surface area contributed by atoms with E-state index in [1.54, 1.807) is 14.0 Å². The highest BCUT2D eigenvalue weighted by Crippen LogP contribution is 2.24. The Bertz CT molecular complexity index is 553. The van der Waals surface area contributed by atoms with Crippen molar-refractivity contribution in [3.8, 4) is 0 Å². The number of rotatable bonds is 8. The molecule has 7 nitrogen and oxygen atoms in total. The minimum Gasteiger partial charge on any atom is -0.382 e. The van der Waals surface area contributed by atoms with Crippen molar-refractivity contribution in [1.82, 2.24) is 5.32 Å². The van der Waals surface area contributed by atoms with E-state index in [1.807, 2.05) is 0 Å². The number of methoxy groups -OCH3 is 1. The smallest absolute Gasteiger partial charge is 0.261 e. The van der Waals surface area contributed by atoms with Gasteiger partial charge in [0.2, 0.25) is 10.0 Å². The number of ether oxygens (including phenoxy) is 2. The average Bonchev–Trinajstić information content (AvgIpc) is 2.75. The molecule has 3 N–H and O–H groups in total. The summed E-state index contributed by atoms with van der Waals surface area (Å²) < 4.78 is 32.5. The Morgan fingerprint density at radius 1 is 1.40 bits per heavy atom. The molecular formula is C11H18N2O5S2. The van der Waals surface area contributed by atoms with Crippen LogP contribution in [0.5, 0.6) is 0 Å². The van der Waals surface area contributed by atoms with Gasteiger partial charge in [0, 0.05) is 18.5 Å². The molecule has 0 saturated carbocycles. The predicted molar refractivity (Wildman–Crippen MR) is 75.5 cm³/mol. The number of carbonyl (C=O) groups is 1. The van der Waals surface area contributed by atoms with Crippen LogP contribution in [-0.4, -0.2) is 47.8 Å². The highest BCUT2D eigenvalue weighted by Gasteiger charge is 2.18. The largest absolute Gasteiger partial charge is 0.382 e. The summed E-state index contributed by atoms with van der Waals surface area (Å²) in [6.07, 6.45) is 0. The normalized spacial score (nSPS) is 11.6. The Labute approximate surface area is 122 Å². The van der Waals surface area contributed by atoms with Crippen molar-refractivity contribution in [2.45, 2.75) is 11.8 Å². The number of thiophene rings is 1. The number of nitrogens with one attached hydrogen (secondary N) is 1. The van der Waals surface area contributed by atoms with Gasteiger partial charge in [-0.3, -0.25) is 4.79 Å². The van der Waals surface area contributed by atoms with Gasteiger partial charge in [0.25, 0.3) is 5.91 Å². The van der Waals surface area contributed by atoms with Crippen LogP contribution in [0.25, 0.3) is 0 Å². The van der Waals surface area contributed by atoms with Gasteiger partial charge < -0.3 is 14.8 Å². The lowest BCUT2D eigenvalue weighted by molar-refractivity contribution is 0.0693. The molecule has 20 heavy (non-hydrogen) atoms. The molecule has 9 heteroatoms. The number of hydrogen-bond donors (Lipinski definition) is 2. The first-order valence-corrected chi connectivity index (χ1v) is 8.20. The second kappa shape index (κ2) is 7.70. The van der Waals surface area contributed by atoms with Crippen LogP contribution in [0.3, 0.4) is 0 Å². The summed E-state index contributed by atoms with van der Waals surface area (Å²) >= 11 is 1.09. The molecule has 1 aromatic rings. The van der Waals surface area contributed by atoms with E-state index in [9.17, 15) is 13.2 Å². The molecule has 0 aliphatic carbocycles. The molecular weight excluding hydrogens is 304 g/mol. The van der Waals surface area contributed by atoms with Crippen molar-refractivity contribution in [2.75, 3.05) is 33.5 Å². The summed E-state index contributed by atoms with van der Waals surface area (Å²) in [6, 6.07) is 1.29. The summed E-state index contributed by atoms with van der Waals surface area (Å²) in [7, 11) is -2.21. The highest BCUT2D eigenvalue weighted by atomic mass is 32.2. The van der Waals surface area contributed by atoms with Gasteiger partial charge in [-0.05, 0) is 13.0 Å². The Morgan fingerprint density at radius 2 is 2.10 bits per heavy atom. The lowest BCUT2D eigenvalue weighted by Crippen LogP contribution is -2.27. The maximum absolute atomic E-state index is 11.8. The van der Waals surface area contributed by atoms with Crippen LogP contribution in [0.1, 0.15) is 14.5 Å². The van der Waals surface area contributed by atoms with Crippen LogP contribution in [0.2, 0.25) is 0 Å². The Hall–Kier alpha value is -1.00. The fourth-order valence-electron chi connectivity index (χ4n) is 1.43. The Morgan fingerprint density at radius 3 is 2.65 bits per heavy atom. The van der Waals surface area contributed by atoms with Crippen molar-refractivity contribution in [2.24, 2.45) is 5.14 Å². The molecule has 0 spiro atoms. The fourth-order valence-corrected chi connectivity index (χ4v) is 3.49. The van der Waals surface area contributed by atoms with Gasteiger partial charge in [-0.1, -0.05) is 0 Å². The number of nitrogens with two attached hydrogens (primary N) is 1. The Balaban J connectivity index is 2.49. The monoisotopic (exact) mass is 322 g/mol. The maximum Gasteiger partial charge on any atom is 0.261 e. The summed E-state index contributed by atoms with van der Waals surface area (Å²) in [5.41, 5.74) is 0. The lowest BCUT2D eigenvalue weighted by atomic mass is 10.4. The average molecular weight is 322 g/mol. The van der Waals surface area contributed by atoms with Crippen LogP contribution in [0.4, 0.5) is 0 Å². The topological polar surface area (TPSA) is 108 Å². The van der Waals surface area contributed by atoms with Gasteiger partial charge in [0.15, 0.2) is 0 Å². The van der Waals surface area contributed by atoms with Gasteiger partial charge in [-0.2, -0.15) is 0 Å². The zero-order valence-corrected chi connectivity index (χ0v) is 13.0. The van der Waals surface area contributed by atoms with E-state index in [2.05, 4.69) is 5.32 Å².